The van der Waals surface area contributed by atoms with Crippen molar-refractivity contribution in [2.45, 2.75) is 26.3 Å². The number of nitrogens with zero attached hydrogens (tertiary/aromatic N) is 1. The highest BCUT2D eigenvalue weighted by atomic mass is 35.5. The maximum atomic E-state index is 13.1. The van der Waals surface area contributed by atoms with Gasteiger partial charge in [0.05, 0.1) is 17.5 Å². The Bertz CT molecular complexity index is 907. The zero-order valence-corrected chi connectivity index (χ0v) is 15.8. The van der Waals surface area contributed by atoms with Gasteiger partial charge in [-0.25, -0.2) is 8.42 Å². The van der Waals surface area contributed by atoms with E-state index in [1.54, 1.807) is 29.2 Å². The SMILES string of the molecule is Cc1ccc(N(C(=O)c2ccc(Cl)cc2)C2CCS(=O)(=O)C2)cc1C. The van der Waals surface area contributed by atoms with Crippen LogP contribution in [0, 0.1) is 13.8 Å². The molecule has 0 aliphatic carbocycles. The standard InChI is InChI=1S/C19H20ClNO3S/c1-13-3-8-17(11-14(13)2)21(18-9-10-25(23,24)12-18)19(22)15-4-6-16(20)7-5-15/h3-8,11,18H,9-10,12H2,1-2H3. The Morgan fingerprint density at radius 2 is 1.76 bits per heavy atom. The fourth-order valence-corrected chi connectivity index (χ4v) is 4.91. The van der Waals surface area contributed by atoms with Crippen LogP contribution in [0.4, 0.5) is 5.69 Å². The summed E-state index contributed by atoms with van der Waals surface area (Å²) < 4.78 is 23.9. The van der Waals surface area contributed by atoms with E-state index in [0.717, 1.165) is 16.8 Å². The predicted molar refractivity (Wildman–Crippen MR) is 101 cm³/mol. The molecule has 1 saturated heterocycles. The van der Waals surface area contributed by atoms with Gasteiger partial charge in [-0.15, -0.1) is 0 Å². The number of hydrogen-bond donors (Lipinski definition) is 0. The van der Waals surface area contributed by atoms with Gasteiger partial charge in [-0.1, -0.05) is 17.7 Å². The van der Waals surface area contributed by atoms with Gasteiger partial charge in [0.1, 0.15) is 0 Å². The Morgan fingerprint density at radius 3 is 2.32 bits per heavy atom. The van der Waals surface area contributed by atoms with Gasteiger partial charge in [-0.05, 0) is 67.8 Å². The van der Waals surface area contributed by atoms with E-state index in [1.807, 2.05) is 32.0 Å². The van der Waals surface area contributed by atoms with Crippen molar-refractivity contribution < 1.29 is 13.2 Å². The van der Waals surface area contributed by atoms with E-state index in [1.165, 1.54) is 0 Å². The lowest BCUT2D eigenvalue weighted by Crippen LogP contribution is -2.41. The minimum atomic E-state index is -3.10. The van der Waals surface area contributed by atoms with Crippen molar-refractivity contribution in [3.8, 4) is 0 Å². The Hall–Kier alpha value is -1.85. The van der Waals surface area contributed by atoms with Crippen LogP contribution in [0.15, 0.2) is 42.5 Å². The van der Waals surface area contributed by atoms with E-state index in [2.05, 4.69) is 0 Å². The molecule has 1 unspecified atom stereocenters. The summed E-state index contributed by atoms with van der Waals surface area (Å²) in [5, 5.41) is 0.553. The molecule has 0 aromatic heterocycles. The molecule has 0 spiro atoms. The van der Waals surface area contributed by atoms with Crippen molar-refractivity contribution in [2.24, 2.45) is 0 Å². The van der Waals surface area contributed by atoms with E-state index in [9.17, 15) is 13.2 Å². The molecular formula is C19H20ClNO3S. The van der Waals surface area contributed by atoms with Crippen molar-refractivity contribution in [1.29, 1.82) is 0 Å². The van der Waals surface area contributed by atoms with Crippen LogP contribution >= 0.6 is 11.6 Å². The van der Waals surface area contributed by atoms with Gasteiger partial charge in [-0.2, -0.15) is 0 Å². The fourth-order valence-electron chi connectivity index (χ4n) is 3.08. The van der Waals surface area contributed by atoms with Crippen LogP contribution in [0.5, 0.6) is 0 Å². The monoisotopic (exact) mass is 377 g/mol. The second-order valence-corrected chi connectivity index (χ2v) is 9.17. The molecule has 132 valence electrons. The summed E-state index contributed by atoms with van der Waals surface area (Å²) in [7, 11) is -3.10. The van der Waals surface area contributed by atoms with Gasteiger partial charge >= 0.3 is 0 Å². The summed E-state index contributed by atoms with van der Waals surface area (Å²) in [6, 6.07) is 12.1. The fraction of sp³-hybridized carbons (Fsp3) is 0.316. The third-order valence-electron chi connectivity index (χ3n) is 4.65. The first-order chi connectivity index (χ1) is 11.8. The lowest BCUT2D eigenvalue weighted by atomic mass is 10.1. The molecule has 0 radical (unpaired) electrons. The maximum Gasteiger partial charge on any atom is 0.258 e. The topological polar surface area (TPSA) is 54.5 Å². The first-order valence-corrected chi connectivity index (χ1v) is 10.3. The Kier molecular flexibility index (Phi) is 4.89. The van der Waals surface area contributed by atoms with Crippen LogP contribution in [-0.4, -0.2) is 31.9 Å². The molecule has 1 aliphatic rings. The number of anilines is 1. The second-order valence-electron chi connectivity index (χ2n) is 6.51. The lowest BCUT2D eigenvalue weighted by molar-refractivity contribution is 0.0979. The van der Waals surface area contributed by atoms with Crippen molar-refractivity contribution in [3.63, 3.8) is 0 Å². The maximum absolute atomic E-state index is 13.1. The lowest BCUT2D eigenvalue weighted by Gasteiger charge is -2.29. The average Bonchev–Trinajstić information content (AvgIpc) is 2.91. The minimum Gasteiger partial charge on any atom is -0.304 e. The number of carbonyl (C=O) groups is 1. The van der Waals surface area contributed by atoms with Crippen LogP contribution in [0.2, 0.25) is 5.02 Å². The number of rotatable bonds is 3. The van der Waals surface area contributed by atoms with E-state index >= 15 is 0 Å². The molecule has 4 nitrogen and oxygen atoms in total. The van der Waals surface area contributed by atoms with Gasteiger partial charge in [0, 0.05) is 16.3 Å². The average molecular weight is 378 g/mol. The molecule has 1 amide bonds. The molecule has 25 heavy (non-hydrogen) atoms. The molecule has 1 aliphatic heterocycles. The largest absolute Gasteiger partial charge is 0.304 e. The first-order valence-electron chi connectivity index (χ1n) is 8.14. The third-order valence-corrected chi connectivity index (χ3v) is 6.65. The molecule has 0 saturated carbocycles. The minimum absolute atomic E-state index is 0.000740. The van der Waals surface area contributed by atoms with Crippen LogP contribution in [0.3, 0.4) is 0 Å². The summed E-state index contributed by atoms with van der Waals surface area (Å²) in [4.78, 5) is 14.8. The molecule has 1 fully saturated rings. The predicted octanol–water partition coefficient (Wildman–Crippen LogP) is 3.79. The van der Waals surface area contributed by atoms with Gasteiger partial charge in [0.25, 0.3) is 5.91 Å². The third kappa shape index (κ3) is 3.88. The highest BCUT2D eigenvalue weighted by molar-refractivity contribution is 7.91. The van der Waals surface area contributed by atoms with Crippen LogP contribution in [0.1, 0.15) is 27.9 Å². The molecule has 3 rings (SSSR count). The normalized spacial score (nSPS) is 18.9. The summed E-state index contributed by atoms with van der Waals surface area (Å²) in [6.07, 6.45) is 0.453. The summed E-state index contributed by atoms with van der Waals surface area (Å²) in [5.41, 5.74) is 3.41. The van der Waals surface area contributed by atoms with E-state index in [4.69, 9.17) is 11.6 Å². The van der Waals surface area contributed by atoms with Crippen molar-refractivity contribution in [1.82, 2.24) is 0 Å². The van der Waals surface area contributed by atoms with Gasteiger partial charge < -0.3 is 4.90 Å². The van der Waals surface area contributed by atoms with E-state index in [0.29, 0.717) is 17.0 Å². The molecule has 1 atom stereocenters. The number of carbonyl (C=O) groups excluding carboxylic acids is 1. The number of hydrogen-bond acceptors (Lipinski definition) is 3. The molecule has 6 heteroatoms. The zero-order valence-electron chi connectivity index (χ0n) is 14.2. The number of benzene rings is 2. The number of halogens is 1. The van der Waals surface area contributed by atoms with Crippen molar-refractivity contribution >= 4 is 33.0 Å². The van der Waals surface area contributed by atoms with Crippen molar-refractivity contribution in [2.75, 3.05) is 16.4 Å². The molecule has 0 N–H and O–H groups in total. The number of aryl methyl sites for hydroxylation is 2. The summed E-state index contributed by atoms with van der Waals surface area (Å²) in [6.45, 7) is 3.99. The Labute approximate surface area is 153 Å². The zero-order chi connectivity index (χ0) is 18.2. The molecule has 2 aromatic rings. The first kappa shape index (κ1) is 18.0. The van der Waals surface area contributed by atoms with Gasteiger partial charge in [-0.3, -0.25) is 4.79 Å². The Morgan fingerprint density at radius 1 is 1.08 bits per heavy atom. The number of amides is 1. The quantitative estimate of drug-likeness (QED) is 0.817. The molecule has 2 aromatic carbocycles. The van der Waals surface area contributed by atoms with E-state index in [-0.39, 0.29) is 23.5 Å². The highest BCUT2D eigenvalue weighted by Gasteiger charge is 2.36. The molecular weight excluding hydrogens is 358 g/mol. The van der Waals surface area contributed by atoms with Gasteiger partial charge in [0.2, 0.25) is 0 Å². The summed E-state index contributed by atoms with van der Waals surface area (Å²) in [5.74, 6) is -0.0892. The van der Waals surface area contributed by atoms with Crippen LogP contribution in [-0.2, 0) is 9.84 Å². The smallest absolute Gasteiger partial charge is 0.258 e. The second kappa shape index (κ2) is 6.81. The highest BCUT2D eigenvalue weighted by Crippen LogP contribution is 2.28. The van der Waals surface area contributed by atoms with Crippen LogP contribution in [0.25, 0.3) is 0 Å². The molecule has 1 heterocycles. The summed E-state index contributed by atoms with van der Waals surface area (Å²) >= 11 is 5.91. The number of sulfone groups is 1. The van der Waals surface area contributed by atoms with E-state index < -0.39 is 9.84 Å². The van der Waals surface area contributed by atoms with Gasteiger partial charge in [0.15, 0.2) is 9.84 Å². The molecule has 0 bridgehead atoms. The van der Waals surface area contributed by atoms with Crippen LogP contribution < -0.4 is 4.90 Å². The van der Waals surface area contributed by atoms with Crippen molar-refractivity contribution in [3.05, 3.63) is 64.2 Å². The Balaban J connectivity index is 2.03.